The number of carbonyl (C=O) groups is 2. The molecule has 0 radical (unpaired) electrons. The Hall–Kier alpha value is -3.47. The van der Waals surface area contributed by atoms with E-state index >= 15 is 0 Å². The van der Waals surface area contributed by atoms with Crippen LogP contribution in [-0.4, -0.2) is 53.6 Å². The van der Waals surface area contributed by atoms with Gasteiger partial charge in [0.15, 0.2) is 0 Å². The van der Waals surface area contributed by atoms with Crippen LogP contribution in [0, 0.1) is 0 Å². The van der Waals surface area contributed by atoms with Crippen LogP contribution in [0.1, 0.15) is 28.8 Å². The molecule has 4 rings (SSSR count). The summed E-state index contributed by atoms with van der Waals surface area (Å²) in [5.74, 6) is -1.05. The molecule has 0 saturated carbocycles. The van der Waals surface area contributed by atoms with Gasteiger partial charge in [-0.2, -0.15) is 13.2 Å². The Morgan fingerprint density at radius 1 is 1.12 bits per heavy atom. The molecule has 2 aromatic carbocycles. The van der Waals surface area contributed by atoms with E-state index in [1.807, 2.05) is 43.3 Å². The molecule has 1 aromatic heterocycles. The van der Waals surface area contributed by atoms with Gasteiger partial charge in [0.25, 0.3) is 5.91 Å². The van der Waals surface area contributed by atoms with Gasteiger partial charge in [0.2, 0.25) is 11.0 Å². The van der Waals surface area contributed by atoms with E-state index in [0.29, 0.717) is 17.8 Å². The standard InChI is InChI=1S/C23H22F3N5O2S/c1-30(2)17-10-8-14(9-11-17)20-28-29-22(34-20)27-19(32)18-7-4-12-31(18)21(33)15-5-3-6-16(13-15)23(24,25)26/h3,5-6,8-11,13,18H,4,7,12H2,1-2H3,(H,27,29,32). The van der Waals surface area contributed by atoms with Gasteiger partial charge in [-0.1, -0.05) is 17.4 Å². The Kier molecular flexibility index (Phi) is 6.56. The molecule has 0 spiro atoms. The van der Waals surface area contributed by atoms with Gasteiger partial charge in [-0.15, -0.1) is 10.2 Å². The molecule has 2 amide bonds. The zero-order valence-corrected chi connectivity index (χ0v) is 19.3. The molecule has 1 aliphatic heterocycles. The number of nitrogens with zero attached hydrogens (tertiary/aromatic N) is 4. The number of alkyl halides is 3. The molecule has 1 saturated heterocycles. The SMILES string of the molecule is CN(C)c1ccc(-c2nnc(NC(=O)C3CCCN3C(=O)c3cccc(C(F)(F)F)c3)s2)cc1. The first-order chi connectivity index (χ1) is 16.1. The molecular formula is C23H22F3N5O2S. The Balaban J connectivity index is 1.46. The third kappa shape index (κ3) is 5.04. The summed E-state index contributed by atoms with van der Waals surface area (Å²) < 4.78 is 39.1. The number of aromatic nitrogens is 2. The molecule has 3 aromatic rings. The number of amides is 2. The normalized spacial score (nSPS) is 15.9. The van der Waals surface area contributed by atoms with Crippen LogP contribution in [0.25, 0.3) is 10.6 Å². The lowest BCUT2D eigenvalue weighted by Crippen LogP contribution is -2.43. The third-order valence-electron chi connectivity index (χ3n) is 5.54. The quantitative estimate of drug-likeness (QED) is 0.570. The molecule has 1 fully saturated rings. The number of likely N-dealkylation sites (tertiary alicyclic amines) is 1. The van der Waals surface area contributed by atoms with Gasteiger partial charge < -0.3 is 9.80 Å². The van der Waals surface area contributed by atoms with Crippen molar-refractivity contribution in [3.63, 3.8) is 0 Å². The van der Waals surface area contributed by atoms with E-state index in [9.17, 15) is 22.8 Å². The van der Waals surface area contributed by atoms with Crippen LogP contribution in [0.2, 0.25) is 0 Å². The lowest BCUT2D eigenvalue weighted by atomic mass is 10.1. The fourth-order valence-corrected chi connectivity index (χ4v) is 4.51. The maximum absolute atomic E-state index is 13.0. The highest BCUT2D eigenvalue weighted by Crippen LogP contribution is 2.31. The molecule has 7 nitrogen and oxygen atoms in total. The molecule has 0 bridgehead atoms. The predicted octanol–water partition coefficient (Wildman–Crippen LogP) is 4.53. The van der Waals surface area contributed by atoms with Crippen LogP contribution in [0.4, 0.5) is 24.0 Å². The number of benzene rings is 2. The minimum atomic E-state index is -4.56. The van der Waals surface area contributed by atoms with Gasteiger partial charge in [-0.3, -0.25) is 14.9 Å². The smallest absolute Gasteiger partial charge is 0.378 e. The Morgan fingerprint density at radius 3 is 2.53 bits per heavy atom. The van der Waals surface area contributed by atoms with Crippen molar-refractivity contribution in [3.8, 4) is 10.6 Å². The van der Waals surface area contributed by atoms with E-state index in [2.05, 4.69) is 15.5 Å². The first kappa shape index (κ1) is 23.7. The van der Waals surface area contributed by atoms with Crippen molar-refractivity contribution in [2.24, 2.45) is 0 Å². The van der Waals surface area contributed by atoms with Crippen LogP contribution in [0.3, 0.4) is 0 Å². The first-order valence-electron chi connectivity index (χ1n) is 10.5. The molecule has 0 aliphatic carbocycles. The molecule has 178 valence electrons. The van der Waals surface area contributed by atoms with Crippen LogP contribution in [0.15, 0.2) is 48.5 Å². The van der Waals surface area contributed by atoms with Gasteiger partial charge in [-0.05, 0) is 55.3 Å². The fraction of sp³-hybridized carbons (Fsp3) is 0.304. The van der Waals surface area contributed by atoms with Crippen LogP contribution in [0.5, 0.6) is 0 Å². The number of hydrogen-bond donors (Lipinski definition) is 1. The van der Waals surface area contributed by atoms with E-state index in [-0.39, 0.29) is 17.2 Å². The minimum absolute atomic E-state index is 0.103. The summed E-state index contributed by atoms with van der Waals surface area (Å²) in [5, 5.41) is 11.8. The van der Waals surface area contributed by atoms with Crippen molar-refractivity contribution in [1.82, 2.24) is 15.1 Å². The zero-order chi connectivity index (χ0) is 24.5. The van der Waals surface area contributed by atoms with Gasteiger partial charge in [0.1, 0.15) is 11.0 Å². The van der Waals surface area contributed by atoms with Crippen molar-refractivity contribution >= 4 is 34.0 Å². The molecule has 2 heterocycles. The molecule has 1 atom stereocenters. The largest absolute Gasteiger partial charge is 0.416 e. The number of anilines is 2. The summed E-state index contributed by atoms with van der Waals surface area (Å²) in [6.07, 6.45) is -3.57. The van der Waals surface area contributed by atoms with Gasteiger partial charge in [0.05, 0.1) is 5.56 Å². The van der Waals surface area contributed by atoms with Gasteiger partial charge in [0, 0.05) is 37.5 Å². The van der Waals surface area contributed by atoms with E-state index in [4.69, 9.17) is 0 Å². The van der Waals surface area contributed by atoms with Crippen molar-refractivity contribution in [2.75, 3.05) is 30.9 Å². The summed E-state index contributed by atoms with van der Waals surface area (Å²) in [6.45, 7) is 0.284. The third-order valence-corrected chi connectivity index (χ3v) is 6.43. The second-order valence-corrected chi connectivity index (χ2v) is 9.06. The molecule has 11 heteroatoms. The van der Waals surface area contributed by atoms with E-state index in [0.717, 1.165) is 23.4 Å². The summed E-state index contributed by atoms with van der Waals surface area (Å²) in [6, 6.07) is 11.2. The molecule has 1 N–H and O–H groups in total. The predicted molar refractivity (Wildman–Crippen MR) is 124 cm³/mol. The first-order valence-corrected chi connectivity index (χ1v) is 11.4. The van der Waals surface area contributed by atoms with Crippen LogP contribution >= 0.6 is 11.3 Å². The summed E-state index contributed by atoms with van der Waals surface area (Å²) in [7, 11) is 3.88. The Morgan fingerprint density at radius 2 is 1.85 bits per heavy atom. The average Bonchev–Trinajstić information content (AvgIpc) is 3.48. The lowest BCUT2D eigenvalue weighted by Gasteiger charge is -2.24. The number of rotatable bonds is 5. The maximum Gasteiger partial charge on any atom is 0.416 e. The van der Waals surface area contributed by atoms with Crippen molar-refractivity contribution in [1.29, 1.82) is 0 Å². The Bertz CT molecular complexity index is 1190. The van der Waals surface area contributed by atoms with Gasteiger partial charge >= 0.3 is 6.18 Å². The molecule has 1 unspecified atom stereocenters. The fourth-order valence-electron chi connectivity index (χ4n) is 3.76. The van der Waals surface area contributed by atoms with E-state index < -0.39 is 29.6 Å². The van der Waals surface area contributed by atoms with Crippen LogP contribution < -0.4 is 10.2 Å². The molecule has 1 aliphatic rings. The second-order valence-electron chi connectivity index (χ2n) is 8.08. The lowest BCUT2D eigenvalue weighted by molar-refractivity contribution is -0.137. The summed E-state index contributed by atoms with van der Waals surface area (Å²) in [4.78, 5) is 29.1. The van der Waals surface area contributed by atoms with Crippen molar-refractivity contribution in [2.45, 2.75) is 25.1 Å². The number of carbonyl (C=O) groups excluding carboxylic acids is 2. The topological polar surface area (TPSA) is 78.4 Å². The Labute approximate surface area is 198 Å². The molecule has 34 heavy (non-hydrogen) atoms. The highest BCUT2D eigenvalue weighted by molar-refractivity contribution is 7.18. The van der Waals surface area contributed by atoms with E-state index in [1.165, 1.54) is 28.4 Å². The average molecular weight is 490 g/mol. The van der Waals surface area contributed by atoms with Gasteiger partial charge in [-0.25, -0.2) is 0 Å². The number of halogens is 3. The van der Waals surface area contributed by atoms with E-state index in [1.54, 1.807) is 0 Å². The zero-order valence-electron chi connectivity index (χ0n) is 18.5. The highest BCUT2D eigenvalue weighted by atomic mass is 32.1. The minimum Gasteiger partial charge on any atom is -0.378 e. The van der Waals surface area contributed by atoms with Crippen molar-refractivity contribution < 1.29 is 22.8 Å². The number of nitrogens with one attached hydrogen (secondary N) is 1. The maximum atomic E-state index is 13.0. The van der Waals surface area contributed by atoms with Crippen molar-refractivity contribution in [3.05, 3.63) is 59.7 Å². The van der Waals surface area contributed by atoms with Crippen LogP contribution in [-0.2, 0) is 11.0 Å². The summed E-state index contributed by atoms with van der Waals surface area (Å²) >= 11 is 1.20. The molecular weight excluding hydrogens is 467 g/mol. The highest BCUT2D eigenvalue weighted by Gasteiger charge is 2.36. The number of hydrogen-bond acceptors (Lipinski definition) is 6. The monoisotopic (exact) mass is 489 g/mol. The second kappa shape index (κ2) is 9.41. The summed E-state index contributed by atoms with van der Waals surface area (Å²) in [5.41, 5.74) is 0.881.